The zero-order chi connectivity index (χ0) is 69.0. The van der Waals surface area contributed by atoms with Crippen LogP contribution >= 0.6 is 15.6 Å². The molecule has 0 spiro atoms. The molecule has 0 aromatic rings. The lowest BCUT2D eigenvalue weighted by atomic mass is 10.1. The molecular weight excluding hydrogens is 1230 g/mol. The third-order valence-electron chi connectivity index (χ3n) is 15.0. The fraction of sp³-hybridized carbons (Fsp3) is 0.733. The van der Waals surface area contributed by atoms with Gasteiger partial charge in [-0.15, -0.1) is 0 Å². The molecule has 0 aliphatic carbocycles. The molecular formula is C75H130O17P2. The normalized spacial score (nSPS) is 14.6. The molecule has 0 amide bonds. The number of hydrogen-bond donors (Lipinski definition) is 3. The van der Waals surface area contributed by atoms with Gasteiger partial charge in [-0.2, -0.15) is 0 Å². The fourth-order valence-corrected chi connectivity index (χ4v) is 11.1. The largest absolute Gasteiger partial charge is 0.472 e. The third kappa shape index (κ3) is 66.6. The average Bonchev–Trinajstić information content (AvgIpc) is 1.36. The van der Waals surface area contributed by atoms with Crippen molar-refractivity contribution in [2.24, 2.45) is 0 Å². The quantitative estimate of drug-likeness (QED) is 0.0169. The maximum Gasteiger partial charge on any atom is 0.472 e. The van der Waals surface area contributed by atoms with Crippen LogP contribution in [-0.4, -0.2) is 96.7 Å². The van der Waals surface area contributed by atoms with E-state index in [1.54, 1.807) is 0 Å². The van der Waals surface area contributed by atoms with Crippen LogP contribution in [0.2, 0.25) is 0 Å². The van der Waals surface area contributed by atoms with Crippen molar-refractivity contribution in [1.82, 2.24) is 0 Å². The number of aliphatic hydroxyl groups excluding tert-OH is 1. The fourth-order valence-electron chi connectivity index (χ4n) is 9.52. The zero-order valence-corrected chi connectivity index (χ0v) is 60.7. The van der Waals surface area contributed by atoms with Gasteiger partial charge in [0.05, 0.1) is 26.4 Å². The minimum atomic E-state index is -4.98. The van der Waals surface area contributed by atoms with Gasteiger partial charge < -0.3 is 33.8 Å². The Hall–Kier alpha value is -4.02. The van der Waals surface area contributed by atoms with Gasteiger partial charge in [0.15, 0.2) is 12.2 Å². The van der Waals surface area contributed by atoms with Crippen molar-refractivity contribution >= 4 is 39.5 Å². The number of phosphoric acid groups is 2. The first-order valence-electron chi connectivity index (χ1n) is 36.5. The molecule has 19 heteroatoms. The van der Waals surface area contributed by atoms with E-state index in [9.17, 15) is 43.2 Å². The number of ether oxygens (including phenoxy) is 4. The van der Waals surface area contributed by atoms with E-state index in [0.717, 1.165) is 180 Å². The van der Waals surface area contributed by atoms with Gasteiger partial charge in [0.2, 0.25) is 0 Å². The summed E-state index contributed by atoms with van der Waals surface area (Å²) in [6.45, 7) is 4.52. The van der Waals surface area contributed by atoms with Crippen LogP contribution in [0.25, 0.3) is 0 Å². The molecule has 0 aliphatic heterocycles. The average molecular weight is 1370 g/mol. The standard InChI is InChI=1S/C75H130O17P2/c1-5-9-13-17-21-25-29-32-34-37-41-44-48-52-56-60-73(78)86-66-71(92-75(80)62-58-54-50-46-42-38-35-33-30-26-22-18-14-10-6-2)68-90-94(83,84)88-64-69(76)63-87-93(81,82)89-67-70(91-74(79)61-57-53-49-45-39-28-24-20-16-12-8-4)65-85-72(77)59-55-51-47-43-40-36-31-27-23-19-15-11-7-3/h9-10,13-15,19,21-22,25-27,31-35,69-71,76H,5-8,11-12,16-18,20,23-24,28-30,36-68H2,1-4H3,(H,81,82)(H,83,84)/b13-9-,14-10-,19-15-,25-21-,26-22-,31-27-,34-32-,35-33-. The van der Waals surface area contributed by atoms with E-state index in [1.807, 2.05) is 0 Å². The Morgan fingerprint density at radius 1 is 0.309 bits per heavy atom. The van der Waals surface area contributed by atoms with Crippen LogP contribution in [0, 0.1) is 0 Å². The topological polar surface area (TPSA) is 237 Å². The minimum Gasteiger partial charge on any atom is -0.462 e. The third-order valence-corrected chi connectivity index (χ3v) is 16.9. The first kappa shape index (κ1) is 90.0. The van der Waals surface area contributed by atoms with Crippen LogP contribution in [0.15, 0.2) is 97.2 Å². The predicted octanol–water partition coefficient (Wildman–Crippen LogP) is 20.4. The van der Waals surface area contributed by atoms with Crippen molar-refractivity contribution < 1.29 is 80.2 Å². The summed E-state index contributed by atoms with van der Waals surface area (Å²) < 4.78 is 68.3. The molecule has 0 radical (unpaired) electrons. The van der Waals surface area contributed by atoms with E-state index < -0.39 is 97.5 Å². The number of carbonyl (C=O) groups is 4. The lowest BCUT2D eigenvalue weighted by Crippen LogP contribution is -2.30. The summed E-state index contributed by atoms with van der Waals surface area (Å²) >= 11 is 0. The van der Waals surface area contributed by atoms with Gasteiger partial charge in [0.25, 0.3) is 0 Å². The van der Waals surface area contributed by atoms with Crippen molar-refractivity contribution in [1.29, 1.82) is 0 Å². The first-order valence-corrected chi connectivity index (χ1v) is 39.5. The van der Waals surface area contributed by atoms with Gasteiger partial charge in [0.1, 0.15) is 19.3 Å². The Morgan fingerprint density at radius 3 is 0.894 bits per heavy atom. The number of allylic oxidation sites excluding steroid dienone is 16. The number of hydrogen-bond acceptors (Lipinski definition) is 15. The smallest absolute Gasteiger partial charge is 0.462 e. The number of esters is 4. The summed E-state index contributed by atoms with van der Waals surface area (Å²) in [5.41, 5.74) is 0. The molecule has 0 rings (SSSR count). The second kappa shape index (κ2) is 67.5. The summed E-state index contributed by atoms with van der Waals surface area (Å²) in [5, 5.41) is 10.6. The van der Waals surface area contributed by atoms with Crippen LogP contribution in [0.4, 0.5) is 0 Å². The number of phosphoric ester groups is 2. The molecule has 0 fully saturated rings. The SMILES string of the molecule is CC/C=C\C/C=C\C/C=C\CCCCCCCC(=O)OCC(COP(=O)(O)OCC(O)COP(=O)(O)OCC(COC(=O)CCCCCCC/C=C\C/C=C\CCC)OC(=O)CCCCCCCCCCCCC)OC(=O)CCCCCCC/C=C\C/C=C\C/C=C\CC. The Morgan fingerprint density at radius 2 is 0.574 bits per heavy atom. The maximum absolute atomic E-state index is 13.0. The number of rotatable bonds is 68. The summed E-state index contributed by atoms with van der Waals surface area (Å²) in [6.07, 6.45) is 68.4. The Labute approximate surface area is 569 Å². The van der Waals surface area contributed by atoms with Gasteiger partial charge in [-0.05, 0) is 116 Å². The van der Waals surface area contributed by atoms with E-state index >= 15 is 0 Å². The summed E-state index contributed by atoms with van der Waals surface area (Å²) in [5.74, 6) is -2.22. The molecule has 0 aliphatic rings. The van der Waals surface area contributed by atoms with Crippen molar-refractivity contribution in [2.45, 2.75) is 316 Å². The van der Waals surface area contributed by atoms with Crippen LogP contribution < -0.4 is 0 Å². The minimum absolute atomic E-state index is 0.0711. The Kier molecular flexibility index (Phi) is 64.7. The highest BCUT2D eigenvalue weighted by atomic mass is 31.2. The van der Waals surface area contributed by atoms with Crippen LogP contribution in [-0.2, 0) is 65.4 Å². The van der Waals surface area contributed by atoms with E-state index in [0.29, 0.717) is 25.7 Å². The predicted molar refractivity (Wildman–Crippen MR) is 381 cm³/mol. The maximum atomic E-state index is 13.0. The van der Waals surface area contributed by atoms with Crippen LogP contribution in [0.5, 0.6) is 0 Å². The Bertz CT molecular complexity index is 2170. The Balaban J connectivity index is 5.35. The van der Waals surface area contributed by atoms with E-state index in [-0.39, 0.29) is 25.7 Å². The summed E-state index contributed by atoms with van der Waals surface area (Å²) in [7, 11) is -9.95. The van der Waals surface area contributed by atoms with Gasteiger partial charge in [0, 0.05) is 25.7 Å². The molecule has 17 nitrogen and oxygen atoms in total. The van der Waals surface area contributed by atoms with Crippen LogP contribution in [0.3, 0.4) is 0 Å². The number of aliphatic hydroxyl groups is 1. The molecule has 0 bridgehead atoms. The molecule has 94 heavy (non-hydrogen) atoms. The van der Waals surface area contributed by atoms with Gasteiger partial charge in [-0.1, -0.05) is 253 Å². The van der Waals surface area contributed by atoms with Crippen molar-refractivity contribution in [2.75, 3.05) is 39.6 Å². The molecule has 0 aromatic carbocycles. The van der Waals surface area contributed by atoms with E-state index in [2.05, 4.69) is 125 Å². The molecule has 3 N–H and O–H groups in total. The van der Waals surface area contributed by atoms with E-state index in [1.165, 1.54) is 38.5 Å². The first-order chi connectivity index (χ1) is 45.7. The second-order valence-corrected chi connectivity index (χ2v) is 27.0. The lowest BCUT2D eigenvalue weighted by Gasteiger charge is -2.21. The lowest BCUT2D eigenvalue weighted by molar-refractivity contribution is -0.161. The second-order valence-electron chi connectivity index (χ2n) is 24.1. The summed E-state index contributed by atoms with van der Waals surface area (Å²) in [6, 6.07) is 0. The molecule has 5 unspecified atom stereocenters. The molecule has 0 saturated heterocycles. The monoisotopic (exact) mass is 1360 g/mol. The van der Waals surface area contributed by atoms with Gasteiger partial charge in [-0.25, -0.2) is 9.13 Å². The van der Waals surface area contributed by atoms with Crippen molar-refractivity contribution in [3.63, 3.8) is 0 Å². The van der Waals surface area contributed by atoms with Crippen molar-refractivity contribution in [3.8, 4) is 0 Å². The molecule has 0 saturated carbocycles. The van der Waals surface area contributed by atoms with Crippen LogP contribution in [0.1, 0.15) is 297 Å². The van der Waals surface area contributed by atoms with Gasteiger partial charge in [-0.3, -0.25) is 37.3 Å². The molecule has 542 valence electrons. The van der Waals surface area contributed by atoms with Crippen molar-refractivity contribution in [3.05, 3.63) is 97.2 Å². The molecule has 0 aromatic heterocycles. The zero-order valence-electron chi connectivity index (χ0n) is 58.9. The highest BCUT2D eigenvalue weighted by molar-refractivity contribution is 7.47. The number of carbonyl (C=O) groups excluding carboxylic acids is 4. The van der Waals surface area contributed by atoms with E-state index in [4.69, 9.17) is 37.0 Å². The number of unbranched alkanes of at least 4 members (excludes halogenated alkanes) is 26. The highest BCUT2D eigenvalue weighted by Gasteiger charge is 2.30. The van der Waals surface area contributed by atoms with Gasteiger partial charge >= 0.3 is 39.5 Å². The summed E-state index contributed by atoms with van der Waals surface area (Å²) in [4.78, 5) is 72.7. The highest BCUT2D eigenvalue weighted by Crippen LogP contribution is 2.45. The molecule has 5 atom stereocenters. The molecule has 0 heterocycles.